The molecule has 3 heteroatoms. The lowest BCUT2D eigenvalue weighted by Gasteiger charge is -2.11. The molecule has 0 radical (unpaired) electrons. The Kier molecular flexibility index (Phi) is 1.40. The van der Waals surface area contributed by atoms with Gasteiger partial charge in [-0.3, -0.25) is 10.8 Å². The SMILES string of the molecule is CN1C(=N)C2C=CC=CC2C1=N. The van der Waals surface area contributed by atoms with Gasteiger partial charge in [-0.25, -0.2) is 0 Å². The molecule has 2 unspecified atom stereocenters. The first-order chi connectivity index (χ1) is 5.72. The average molecular weight is 161 g/mol. The second-order valence-corrected chi connectivity index (χ2v) is 3.15. The molecule has 2 N–H and O–H groups in total. The van der Waals surface area contributed by atoms with Crippen molar-refractivity contribution in [3.8, 4) is 0 Å². The predicted molar refractivity (Wildman–Crippen MR) is 48.5 cm³/mol. The van der Waals surface area contributed by atoms with Gasteiger partial charge in [0.05, 0.1) is 0 Å². The van der Waals surface area contributed by atoms with Crippen LogP contribution in [0.5, 0.6) is 0 Å². The number of nitrogens with one attached hydrogen (secondary N) is 2. The quantitative estimate of drug-likeness (QED) is 0.552. The number of hydrogen-bond acceptors (Lipinski definition) is 2. The third-order valence-corrected chi connectivity index (χ3v) is 2.49. The maximum atomic E-state index is 7.71. The summed E-state index contributed by atoms with van der Waals surface area (Å²) in [5, 5.41) is 15.4. The van der Waals surface area contributed by atoms with E-state index in [1.54, 1.807) is 11.9 Å². The highest BCUT2D eigenvalue weighted by molar-refractivity contribution is 6.09. The van der Waals surface area contributed by atoms with Gasteiger partial charge in [0.1, 0.15) is 11.7 Å². The number of allylic oxidation sites excluding steroid dienone is 2. The standard InChI is InChI=1S/C9H11N3/c1-12-8(10)6-4-2-3-5-7(6)9(12)11/h2-7,10-11H,1H3. The minimum Gasteiger partial charge on any atom is -0.321 e. The predicted octanol–water partition coefficient (Wildman–Crippen LogP) is 1.24. The highest BCUT2D eigenvalue weighted by atomic mass is 15.2. The molecule has 0 aromatic carbocycles. The molecule has 3 nitrogen and oxygen atoms in total. The molecule has 62 valence electrons. The van der Waals surface area contributed by atoms with Crippen molar-refractivity contribution in [1.82, 2.24) is 4.90 Å². The van der Waals surface area contributed by atoms with Crippen molar-refractivity contribution >= 4 is 11.7 Å². The van der Waals surface area contributed by atoms with Gasteiger partial charge in [0, 0.05) is 18.9 Å². The summed E-state index contributed by atoms with van der Waals surface area (Å²) in [6, 6.07) is 0. The molecule has 0 spiro atoms. The molecule has 0 bridgehead atoms. The van der Waals surface area contributed by atoms with E-state index in [1.807, 2.05) is 24.3 Å². The fourth-order valence-corrected chi connectivity index (χ4v) is 1.71. The van der Waals surface area contributed by atoms with Crippen LogP contribution in [0.4, 0.5) is 0 Å². The van der Waals surface area contributed by atoms with Gasteiger partial charge in [0.25, 0.3) is 0 Å². The summed E-state index contributed by atoms with van der Waals surface area (Å²) in [6.07, 6.45) is 7.88. The maximum absolute atomic E-state index is 7.71. The van der Waals surface area contributed by atoms with Crippen LogP contribution in [-0.2, 0) is 0 Å². The summed E-state index contributed by atoms with van der Waals surface area (Å²) in [6.45, 7) is 0. The summed E-state index contributed by atoms with van der Waals surface area (Å²) in [5.74, 6) is 1.27. The molecule has 2 rings (SSSR count). The van der Waals surface area contributed by atoms with Crippen LogP contribution in [0.1, 0.15) is 0 Å². The van der Waals surface area contributed by atoms with E-state index >= 15 is 0 Å². The first-order valence-electron chi connectivity index (χ1n) is 3.97. The molecule has 0 aromatic heterocycles. The van der Waals surface area contributed by atoms with Crippen LogP contribution in [0, 0.1) is 22.7 Å². The van der Waals surface area contributed by atoms with Crippen LogP contribution >= 0.6 is 0 Å². The Morgan fingerprint density at radius 3 is 1.92 bits per heavy atom. The van der Waals surface area contributed by atoms with Gasteiger partial charge in [0.15, 0.2) is 0 Å². The number of hydrogen-bond donors (Lipinski definition) is 2. The molecule has 12 heavy (non-hydrogen) atoms. The Hall–Kier alpha value is -1.38. The molecule has 1 saturated heterocycles. The van der Waals surface area contributed by atoms with Gasteiger partial charge in [-0.2, -0.15) is 0 Å². The van der Waals surface area contributed by atoms with E-state index in [1.165, 1.54) is 0 Å². The third kappa shape index (κ3) is 0.763. The van der Waals surface area contributed by atoms with E-state index in [9.17, 15) is 0 Å². The van der Waals surface area contributed by atoms with Gasteiger partial charge in [-0.15, -0.1) is 0 Å². The molecule has 1 fully saturated rings. The zero-order valence-electron chi connectivity index (χ0n) is 6.91. The largest absolute Gasteiger partial charge is 0.321 e. The van der Waals surface area contributed by atoms with Crippen molar-refractivity contribution in [3.63, 3.8) is 0 Å². The number of fused-ring (bicyclic) bond motifs is 1. The van der Waals surface area contributed by atoms with E-state index in [4.69, 9.17) is 10.8 Å². The van der Waals surface area contributed by atoms with E-state index in [-0.39, 0.29) is 11.8 Å². The van der Waals surface area contributed by atoms with Gasteiger partial charge in [0.2, 0.25) is 0 Å². The highest BCUT2D eigenvalue weighted by Crippen LogP contribution is 2.29. The summed E-state index contributed by atoms with van der Waals surface area (Å²) < 4.78 is 0. The molecular weight excluding hydrogens is 150 g/mol. The smallest absolute Gasteiger partial charge is 0.109 e. The highest BCUT2D eigenvalue weighted by Gasteiger charge is 2.37. The van der Waals surface area contributed by atoms with Crippen molar-refractivity contribution < 1.29 is 0 Å². The molecule has 1 heterocycles. The fraction of sp³-hybridized carbons (Fsp3) is 0.333. The molecule has 0 saturated carbocycles. The first kappa shape index (κ1) is 7.28. The normalized spacial score (nSPS) is 32.9. The lowest BCUT2D eigenvalue weighted by molar-refractivity contribution is 0.743. The Bertz CT molecular complexity index is 271. The van der Waals surface area contributed by atoms with Crippen molar-refractivity contribution in [2.75, 3.05) is 7.05 Å². The van der Waals surface area contributed by atoms with E-state index in [0.29, 0.717) is 11.7 Å². The first-order valence-corrected chi connectivity index (χ1v) is 3.97. The van der Waals surface area contributed by atoms with E-state index in [0.717, 1.165) is 0 Å². The molecule has 0 aromatic rings. The zero-order valence-corrected chi connectivity index (χ0v) is 6.91. The Balaban J connectivity index is 2.40. The van der Waals surface area contributed by atoms with Gasteiger partial charge in [-0.05, 0) is 0 Å². The summed E-state index contributed by atoms with van der Waals surface area (Å²) >= 11 is 0. The van der Waals surface area contributed by atoms with Crippen molar-refractivity contribution in [2.45, 2.75) is 0 Å². The molecule has 2 aliphatic rings. The van der Waals surface area contributed by atoms with Crippen LogP contribution in [0.2, 0.25) is 0 Å². The lowest BCUT2D eigenvalue weighted by atomic mass is 9.90. The van der Waals surface area contributed by atoms with E-state index < -0.39 is 0 Å². The minimum atomic E-state index is 0.104. The number of amidine groups is 2. The second kappa shape index (κ2) is 2.30. The molecule has 1 aliphatic carbocycles. The van der Waals surface area contributed by atoms with Crippen LogP contribution < -0.4 is 0 Å². The van der Waals surface area contributed by atoms with Gasteiger partial charge < -0.3 is 4.90 Å². The second-order valence-electron chi connectivity index (χ2n) is 3.15. The molecule has 2 atom stereocenters. The minimum absolute atomic E-state index is 0.104. The summed E-state index contributed by atoms with van der Waals surface area (Å²) in [7, 11) is 1.78. The van der Waals surface area contributed by atoms with Gasteiger partial charge in [-0.1, -0.05) is 24.3 Å². The Morgan fingerprint density at radius 2 is 1.50 bits per heavy atom. The topological polar surface area (TPSA) is 50.9 Å². The molecular formula is C9H11N3. The Morgan fingerprint density at radius 1 is 1.08 bits per heavy atom. The van der Waals surface area contributed by atoms with Crippen LogP contribution in [-0.4, -0.2) is 23.6 Å². The lowest BCUT2D eigenvalue weighted by Crippen LogP contribution is -2.24. The average Bonchev–Trinajstić information content (AvgIpc) is 2.33. The fourth-order valence-electron chi connectivity index (χ4n) is 1.71. The molecule has 1 aliphatic heterocycles. The van der Waals surface area contributed by atoms with Crippen LogP contribution in [0.15, 0.2) is 24.3 Å². The van der Waals surface area contributed by atoms with E-state index in [2.05, 4.69) is 0 Å². The number of rotatable bonds is 0. The number of nitrogens with zero attached hydrogens (tertiary/aromatic N) is 1. The summed E-state index contributed by atoms with van der Waals surface area (Å²) in [5.41, 5.74) is 0. The van der Waals surface area contributed by atoms with Crippen LogP contribution in [0.3, 0.4) is 0 Å². The molecule has 0 amide bonds. The van der Waals surface area contributed by atoms with Crippen molar-refractivity contribution in [2.24, 2.45) is 11.8 Å². The summed E-state index contributed by atoms with van der Waals surface area (Å²) in [4.78, 5) is 1.65. The Labute approximate surface area is 71.4 Å². The van der Waals surface area contributed by atoms with Crippen molar-refractivity contribution in [1.29, 1.82) is 10.8 Å². The van der Waals surface area contributed by atoms with Gasteiger partial charge >= 0.3 is 0 Å². The maximum Gasteiger partial charge on any atom is 0.109 e. The monoisotopic (exact) mass is 161 g/mol. The number of likely N-dealkylation sites (tertiary alicyclic amines) is 1. The third-order valence-electron chi connectivity index (χ3n) is 2.49. The zero-order chi connectivity index (χ0) is 8.72. The van der Waals surface area contributed by atoms with Crippen LogP contribution in [0.25, 0.3) is 0 Å². The van der Waals surface area contributed by atoms with Crippen molar-refractivity contribution in [3.05, 3.63) is 24.3 Å².